The maximum Gasteiger partial charge on any atom is 0.326 e. The molecule has 118 valence electrons. The van der Waals surface area contributed by atoms with Gasteiger partial charge in [-0.1, -0.05) is 12.1 Å². The summed E-state index contributed by atoms with van der Waals surface area (Å²) >= 11 is 0. The number of aryl methyl sites for hydroxylation is 2. The van der Waals surface area contributed by atoms with Crippen LogP contribution < -0.4 is 11.1 Å². The Hall–Kier alpha value is -2.63. The monoisotopic (exact) mass is 304 g/mol. The summed E-state index contributed by atoms with van der Waals surface area (Å²) in [5.74, 6) is -0.389. The number of esters is 1. The highest BCUT2D eigenvalue weighted by Crippen LogP contribution is 1.90. The fourth-order valence-electron chi connectivity index (χ4n) is 1.63. The van der Waals surface area contributed by atoms with Crippen LogP contribution in [0.5, 0.6) is 0 Å². The molecule has 0 aliphatic carbocycles. The lowest BCUT2D eigenvalue weighted by atomic mass is 10.3. The maximum atomic E-state index is 11.5. The summed E-state index contributed by atoms with van der Waals surface area (Å²) in [7, 11) is 0. The zero-order valence-electron chi connectivity index (χ0n) is 13.0. The van der Waals surface area contributed by atoms with Crippen LogP contribution in [0.25, 0.3) is 0 Å². The van der Waals surface area contributed by atoms with E-state index in [1.165, 1.54) is 4.57 Å². The molecule has 0 radical (unpaired) electrons. The van der Waals surface area contributed by atoms with Gasteiger partial charge in [-0.2, -0.15) is 0 Å². The molecule has 0 atom stereocenters. The van der Waals surface area contributed by atoms with Gasteiger partial charge in [0.05, 0.1) is 6.61 Å². The molecule has 0 bridgehead atoms. The lowest BCUT2D eigenvalue weighted by molar-refractivity contribution is -0.143. The van der Waals surface area contributed by atoms with E-state index in [0.717, 1.165) is 5.56 Å². The number of aromatic amines is 1. The van der Waals surface area contributed by atoms with Crippen molar-refractivity contribution in [2.75, 3.05) is 6.61 Å². The van der Waals surface area contributed by atoms with Gasteiger partial charge in [-0.05, 0) is 32.9 Å². The van der Waals surface area contributed by atoms with Crippen LogP contribution in [-0.4, -0.2) is 22.1 Å². The van der Waals surface area contributed by atoms with Crippen LogP contribution in [0.4, 0.5) is 0 Å². The minimum Gasteiger partial charge on any atom is -0.465 e. The molecule has 2 aromatic heterocycles. The number of pyridine rings is 2. The van der Waals surface area contributed by atoms with Crippen molar-refractivity contribution in [1.82, 2.24) is 9.55 Å². The number of carbonyl (C=O) groups is 1. The summed E-state index contributed by atoms with van der Waals surface area (Å²) < 4.78 is 6.08. The predicted octanol–water partition coefficient (Wildman–Crippen LogP) is 1.40. The van der Waals surface area contributed by atoms with Gasteiger partial charge in [-0.15, -0.1) is 0 Å². The molecule has 6 nitrogen and oxygen atoms in total. The molecule has 0 spiro atoms. The molecular weight excluding hydrogens is 284 g/mol. The minimum atomic E-state index is -0.389. The normalized spacial score (nSPS) is 9.59. The Bertz CT molecular complexity index is 731. The van der Waals surface area contributed by atoms with E-state index in [9.17, 15) is 14.4 Å². The Balaban J connectivity index is 0.000000255. The van der Waals surface area contributed by atoms with Crippen LogP contribution in [0, 0.1) is 13.8 Å². The van der Waals surface area contributed by atoms with E-state index in [1.54, 1.807) is 57.4 Å². The van der Waals surface area contributed by atoms with Gasteiger partial charge in [-0.3, -0.25) is 14.4 Å². The van der Waals surface area contributed by atoms with Crippen LogP contribution in [0.15, 0.2) is 46.2 Å². The number of hydrogen-bond donors (Lipinski definition) is 1. The molecule has 0 amide bonds. The Labute approximate surface area is 128 Å². The van der Waals surface area contributed by atoms with Crippen molar-refractivity contribution in [2.45, 2.75) is 27.3 Å². The van der Waals surface area contributed by atoms with Crippen molar-refractivity contribution in [3.63, 3.8) is 0 Å². The van der Waals surface area contributed by atoms with Crippen molar-refractivity contribution in [3.8, 4) is 0 Å². The van der Waals surface area contributed by atoms with Crippen molar-refractivity contribution >= 4 is 5.97 Å². The van der Waals surface area contributed by atoms with Gasteiger partial charge < -0.3 is 14.3 Å². The van der Waals surface area contributed by atoms with Gasteiger partial charge in [0.15, 0.2) is 0 Å². The van der Waals surface area contributed by atoms with E-state index in [0.29, 0.717) is 12.2 Å². The van der Waals surface area contributed by atoms with Gasteiger partial charge in [0.25, 0.3) is 11.1 Å². The molecular formula is C16H20N2O4. The fourth-order valence-corrected chi connectivity index (χ4v) is 1.63. The Morgan fingerprint density at radius 2 is 1.86 bits per heavy atom. The highest BCUT2D eigenvalue weighted by atomic mass is 16.5. The molecule has 0 unspecified atom stereocenters. The number of hydrogen-bond acceptors (Lipinski definition) is 4. The van der Waals surface area contributed by atoms with Crippen molar-refractivity contribution in [2.24, 2.45) is 0 Å². The van der Waals surface area contributed by atoms with Crippen molar-refractivity contribution in [3.05, 3.63) is 68.5 Å². The van der Waals surface area contributed by atoms with Crippen LogP contribution in [0.3, 0.4) is 0 Å². The van der Waals surface area contributed by atoms with Gasteiger partial charge >= 0.3 is 5.97 Å². The number of rotatable bonds is 3. The number of aromatic nitrogens is 2. The molecule has 0 aliphatic rings. The number of carbonyl (C=O) groups excluding carboxylic acids is 1. The highest BCUT2D eigenvalue weighted by molar-refractivity contribution is 5.69. The number of H-pyrrole nitrogens is 1. The average molecular weight is 304 g/mol. The first-order valence-corrected chi connectivity index (χ1v) is 6.91. The maximum absolute atomic E-state index is 11.5. The summed E-state index contributed by atoms with van der Waals surface area (Å²) in [5, 5.41) is 0. The summed E-state index contributed by atoms with van der Waals surface area (Å²) in [4.78, 5) is 35.7. The smallest absolute Gasteiger partial charge is 0.326 e. The summed E-state index contributed by atoms with van der Waals surface area (Å²) in [6, 6.07) is 7.02. The first-order chi connectivity index (χ1) is 10.5. The second-order valence-electron chi connectivity index (χ2n) is 4.61. The predicted molar refractivity (Wildman–Crippen MR) is 83.9 cm³/mol. The largest absolute Gasteiger partial charge is 0.465 e. The van der Waals surface area contributed by atoms with E-state index in [2.05, 4.69) is 4.98 Å². The summed E-state index contributed by atoms with van der Waals surface area (Å²) in [5.41, 5.74) is 1.22. The van der Waals surface area contributed by atoms with Gasteiger partial charge in [0, 0.05) is 23.5 Å². The second kappa shape index (κ2) is 8.61. The van der Waals surface area contributed by atoms with Gasteiger partial charge in [-0.25, -0.2) is 0 Å². The molecule has 1 N–H and O–H groups in total. The van der Waals surface area contributed by atoms with Crippen LogP contribution in [0.2, 0.25) is 0 Å². The highest BCUT2D eigenvalue weighted by Gasteiger charge is 2.05. The topological polar surface area (TPSA) is 81.2 Å². The number of ether oxygens (including phenoxy) is 1. The van der Waals surface area contributed by atoms with Crippen LogP contribution in [0.1, 0.15) is 18.1 Å². The molecule has 2 heterocycles. The van der Waals surface area contributed by atoms with E-state index in [-0.39, 0.29) is 23.6 Å². The molecule has 0 saturated heterocycles. The molecule has 0 aromatic carbocycles. The zero-order chi connectivity index (χ0) is 16.5. The quantitative estimate of drug-likeness (QED) is 0.869. The van der Waals surface area contributed by atoms with E-state index in [4.69, 9.17) is 4.74 Å². The Morgan fingerprint density at radius 3 is 2.41 bits per heavy atom. The molecule has 0 fully saturated rings. The first kappa shape index (κ1) is 17.4. The third kappa shape index (κ3) is 5.40. The van der Waals surface area contributed by atoms with E-state index in [1.807, 2.05) is 0 Å². The summed E-state index contributed by atoms with van der Waals surface area (Å²) in [6.07, 6.45) is 3.20. The second-order valence-corrected chi connectivity index (χ2v) is 4.61. The molecule has 22 heavy (non-hydrogen) atoms. The van der Waals surface area contributed by atoms with Crippen LogP contribution in [-0.2, 0) is 16.1 Å². The molecule has 6 heteroatoms. The van der Waals surface area contributed by atoms with Crippen LogP contribution >= 0.6 is 0 Å². The third-order valence-electron chi connectivity index (χ3n) is 2.83. The van der Waals surface area contributed by atoms with Gasteiger partial charge in [0.2, 0.25) is 0 Å². The fraction of sp³-hybridized carbons (Fsp3) is 0.312. The first-order valence-electron chi connectivity index (χ1n) is 6.91. The van der Waals surface area contributed by atoms with E-state index >= 15 is 0 Å². The third-order valence-corrected chi connectivity index (χ3v) is 2.83. The molecule has 2 rings (SSSR count). The lowest BCUT2D eigenvalue weighted by Gasteiger charge is -2.05. The van der Waals surface area contributed by atoms with Crippen molar-refractivity contribution < 1.29 is 9.53 Å². The molecule has 0 saturated carbocycles. The van der Waals surface area contributed by atoms with Crippen molar-refractivity contribution in [1.29, 1.82) is 0 Å². The average Bonchev–Trinajstić information content (AvgIpc) is 2.48. The van der Waals surface area contributed by atoms with E-state index < -0.39 is 0 Å². The lowest BCUT2D eigenvalue weighted by Crippen LogP contribution is -2.26. The minimum absolute atomic E-state index is 0.00694. The Morgan fingerprint density at radius 1 is 1.18 bits per heavy atom. The number of nitrogens with one attached hydrogen (secondary N) is 1. The SMILES string of the molecule is CCOC(=O)Cn1cccc(C)c1=O.Cc1ccc[nH]c1=O. The molecule has 2 aromatic rings. The van der Waals surface area contributed by atoms with Gasteiger partial charge in [0.1, 0.15) is 6.54 Å². The standard InChI is InChI=1S/C10H13NO3.C6H7NO/c1-3-14-9(12)7-11-6-4-5-8(2)10(11)13;1-5-3-2-4-7-6(5)8/h4-6H,3,7H2,1-2H3;2-4H,1H3,(H,7,8). The number of nitrogens with zero attached hydrogens (tertiary/aromatic N) is 1. The molecule has 0 aliphatic heterocycles. The Kier molecular flexibility index (Phi) is 6.82. The zero-order valence-corrected chi connectivity index (χ0v) is 13.0. The summed E-state index contributed by atoms with van der Waals surface area (Å²) in [6.45, 7) is 5.54.